The fraction of sp³-hybridized carbons (Fsp3) is 0.921. The van der Waals surface area contributed by atoms with Gasteiger partial charge in [0.25, 0.3) is 0 Å². The van der Waals surface area contributed by atoms with Crippen LogP contribution < -0.4 is 0 Å². The quantitative estimate of drug-likeness (QED) is 0.107. The summed E-state index contributed by atoms with van der Waals surface area (Å²) in [6.45, 7) is 19.4. The zero-order valence-electron chi connectivity index (χ0n) is 30.8. The minimum Gasteiger partial charge on any atom is -0.463 e. The summed E-state index contributed by atoms with van der Waals surface area (Å²) < 4.78 is 17.1. The smallest absolute Gasteiger partial charge is 0.302 e. The maximum Gasteiger partial charge on any atom is 0.302 e. The molecule has 11 nitrogen and oxygen atoms in total. The van der Waals surface area contributed by atoms with E-state index in [1.165, 1.54) is 6.92 Å². The third-order valence-electron chi connectivity index (χ3n) is 15.2. The topological polar surface area (TPSA) is 186 Å². The molecule has 49 heavy (non-hydrogen) atoms. The highest BCUT2D eigenvalue weighted by atomic mass is 16.7. The van der Waals surface area contributed by atoms with Crippen LogP contribution in [0.5, 0.6) is 0 Å². The molecule has 0 amide bonds. The van der Waals surface area contributed by atoms with Crippen LogP contribution in [0.4, 0.5) is 0 Å². The van der Waals surface area contributed by atoms with E-state index in [2.05, 4.69) is 27.4 Å². The number of rotatable bonds is 9. The van der Waals surface area contributed by atoms with Crippen molar-refractivity contribution in [1.29, 1.82) is 0 Å². The lowest BCUT2D eigenvalue weighted by Crippen LogP contribution is -2.73. The van der Waals surface area contributed by atoms with Gasteiger partial charge in [-0.2, -0.15) is 0 Å². The Morgan fingerprint density at radius 3 is 2.14 bits per heavy atom. The first-order valence-electron chi connectivity index (χ1n) is 18.5. The monoisotopic (exact) mass is 696 g/mol. The zero-order chi connectivity index (χ0) is 36.6. The van der Waals surface area contributed by atoms with Gasteiger partial charge in [-0.05, 0) is 105 Å². The summed E-state index contributed by atoms with van der Waals surface area (Å²) in [5.74, 6) is -0.203. The maximum atomic E-state index is 12.2. The second-order valence-corrected chi connectivity index (χ2v) is 18.1. The van der Waals surface area contributed by atoms with Crippen LogP contribution in [0.25, 0.3) is 0 Å². The fourth-order valence-electron chi connectivity index (χ4n) is 12.2. The first kappa shape index (κ1) is 39.1. The molecule has 1 heterocycles. The Hall–Kier alpha value is -1.15. The number of aliphatic hydroxyl groups excluding tert-OH is 6. The average Bonchev–Trinajstić information content (AvgIpc) is 3.39. The molecule has 7 N–H and O–H groups in total. The van der Waals surface area contributed by atoms with Crippen LogP contribution >= 0.6 is 0 Å². The van der Waals surface area contributed by atoms with Gasteiger partial charge in [0, 0.05) is 12.3 Å². The predicted octanol–water partition coefficient (Wildman–Crippen LogP) is 2.84. The summed E-state index contributed by atoms with van der Waals surface area (Å²) in [5.41, 5.74) is -1.86. The van der Waals surface area contributed by atoms with Gasteiger partial charge in [0.1, 0.15) is 37.1 Å². The van der Waals surface area contributed by atoms with E-state index in [9.17, 15) is 40.5 Å². The van der Waals surface area contributed by atoms with E-state index < -0.39 is 77.5 Å². The first-order chi connectivity index (χ1) is 22.6. The van der Waals surface area contributed by atoms with E-state index in [-0.39, 0.29) is 41.1 Å². The van der Waals surface area contributed by atoms with E-state index in [4.69, 9.17) is 14.2 Å². The summed E-state index contributed by atoms with van der Waals surface area (Å²) in [6.07, 6.45) is -5.26. The van der Waals surface area contributed by atoms with Crippen molar-refractivity contribution in [2.45, 2.75) is 167 Å². The lowest BCUT2D eigenvalue weighted by molar-refractivity contribution is -0.355. The normalized spacial score (nSPS) is 49.5. The molecular weight excluding hydrogens is 632 g/mol. The molecule has 0 aromatic carbocycles. The number of fused-ring (bicyclic) bond motifs is 5. The Labute approximate surface area is 292 Å². The molecule has 5 rings (SSSR count). The van der Waals surface area contributed by atoms with Gasteiger partial charge < -0.3 is 50.0 Å². The zero-order valence-corrected chi connectivity index (χ0v) is 30.8. The number of esters is 1. The van der Waals surface area contributed by atoms with Crippen LogP contribution in [0.1, 0.15) is 107 Å². The number of hydrogen-bond acceptors (Lipinski definition) is 11. The summed E-state index contributed by atoms with van der Waals surface area (Å²) in [4.78, 5) is 11.4. The standard InChI is InChI=1S/C38H64O11/c1-19(2)23(40)13-17-37(8,46)22-12-15-35(6)21(22)10-11-26-36(35,7)16-14-25-34(4,5)32(30(44)31(45)38(25,26)9)49-33-29(43)28(42)27(41)24(48-33)18-47-20(3)39/h21-33,40-46H,1,10-18H2,2-9H3/t21-,22+,23?,24-,25+,26+,27-,28+,29-,30-,31-,32+,33+,35-,36-,37-,38+/m1/s1. The molecule has 0 spiro atoms. The van der Waals surface area contributed by atoms with Crippen LogP contribution in [0.15, 0.2) is 12.2 Å². The number of aliphatic hydroxyl groups is 7. The molecular formula is C38H64O11. The molecule has 0 bridgehead atoms. The molecule has 1 aliphatic heterocycles. The van der Waals surface area contributed by atoms with Crippen molar-refractivity contribution in [3.63, 3.8) is 0 Å². The Morgan fingerprint density at radius 2 is 1.53 bits per heavy atom. The van der Waals surface area contributed by atoms with Gasteiger partial charge in [-0.15, -0.1) is 0 Å². The Balaban J connectivity index is 1.38. The van der Waals surface area contributed by atoms with Crippen molar-refractivity contribution in [2.24, 2.45) is 45.3 Å². The van der Waals surface area contributed by atoms with E-state index in [0.717, 1.165) is 38.5 Å². The number of carbonyl (C=O) groups excluding carboxylic acids is 1. The van der Waals surface area contributed by atoms with Gasteiger partial charge in [0.2, 0.25) is 0 Å². The third kappa shape index (κ3) is 6.14. The van der Waals surface area contributed by atoms with Crippen molar-refractivity contribution in [2.75, 3.05) is 6.61 Å². The van der Waals surface area contributed by atoms with Gasteiger partial charge in [-0.1, -0.05) is 46.8 Å². The minimum absolute atomic E-state index is 0.0707. The van der Waals surface area contributed by atoms with Gasteiger partial charge in [-0.3, -0.25) is 4.79 Å². The average molecular weight is 697 g/mol. The minimum atomic E-state index is -1.64. The molecule has 0 aromatic heterocycles. The molecule has 4 saturated carbocycles. The fourth-order valence-corrected chi connectivity index (χ4v) is 12.2. The van der Waals surface area contributed by atoms with Gasteiger partial charge in [0.05, 0.1) is 23.9 Å². The largest absolute Gasteiger partial charge is 0.463 e. The summed E-state index contributed by atoms with van der Waals surface area (Å²) in [6, 6.07) is 0. The Bertz CT molecular complexity index is 1240. The van der Waals surface area contributed by atoms with Gasteiger partial charge in [0.15, 0.2) is 6.29 Å². The molecule has 1 saturated heterocycles. The molecule has 17 atom stereocenters. The molecule has 0 aromatic rings. The number of carbonyl (C=O) groups is 1. The second kappa shape index (κ2) is 13.4. The van der Waals surface area contributed by atoms with E-state index in [1.54, 1.807) is 0 Å². The van der Waals surface area contributed by atoms with Crippen LogP contribution in [0.2, 0.25) is 0 Å². The third-order valence-corrected chi connectivity index (χ3v) is 15.2. The van der Waals surface area contributed by atoms with Gasteiger partial charge >= 0.3 is 5.97 Å². The molecule has 5 fully saturated rings. The van der Waals surface area contributed by atoms with Gasteiger partial charge in [-0.25, -0.2) is 0 Å². The van der Waals surface area contributed by atoms with Crippen molar-refractivity contribution in [1.82, 2.24) is 0 Å². The van der Waals surface area contributed by atoms with E-state index >= 15 is 0 Å². The van der Waals surface area contributed by atoms with Crippen molar-refractivity contribution >= 4 is 5.97 Å². The highest BCUT2D eigenvalue weighted by Gasteiger charge is 2.73. The van der Waals surface area contributed by atoms with Crippen LogP contribution in [0.3, 0.4) is 0 Å². The van der Waals surface area contributed by atoms with Crippen LogP contribution in [-0.4, -0.2) is 109 Å². The van der Waals surface area contributed by atoms with Crippen molar-refractivity contribution < 1.29 is 54.8 Å². The summed E-state index contributed by atoms with van der Waals surface area (Å²) >= 11 is 0. The summed E-state index contributed by atoms with van der Waals surface area (Å²) in [5, 5.41) is 78.3. The first-order valence-corrected chi connectivity index (χ1v) is 18.5. The molecule has 0 radical (unpaired) electrons. The molecule has 4 aliphatic carbocycles. The van der Waals surface area contributed by atoms with Crippen LogP contribution in [-0.2, 0) is 19.0 Å². The van der Waals surface area contributed by atoms with Crippen molar-refractivity contribution in [3.05, 3.63) is 12.2 Å². The SMILES string of the molecule is C=C(C)C(O)CC[C@@](C)(O)[C@H]1CC[C@]2(C)[C@@H]1CC[C@@H]1[C@@]3(C)[C@H](O)[C@@H](O)[C@H](O[C@@H]4O[C@H](COC(C)=O)[C@@H](O)[C@H](O)[C@H]4O)C(C)(C)[C@@H]3CC[C@]12C. The second-order valence-electron chi connectivity index (χ2n) is 18.1. The molecule has 1 unspecified atom stereocenters. The summed E-state index contributed by atoms with van der Waals surface area (Å²) in [7, 11) is 0. The van der Waals surface area contributed by atoms with E-state index in [1.807, 2.05) is 27.7 Å². The number of hydrogen-bond donors (Lipinski definition) is 7. The van der Waals surface area contributed by atoms with E-state index in [0.29, 0.717) is 18.4 Å². The molecule has 5 aliphatic rings. The highest BCUT2D eigenvalue weighted by molar-refractivity contribution is 5.65. The molecule has 282 valence electrons. The number of ether oxygens (including phenoxy) is 3. The predicted molar refractivity (Wildman–Crippen MR) is 181 cm³/mol. The lowest BCUT2D eigenvalue weighted by Gasteiger charge is -2.71. The van der Waals surface area contributed by atoms with Crippen molar-refractivity contribution in [3.8, 4) is 0 Å². The molecule has 11 heteroatoms. The Morgan fingerprint density at radius 1 is 0.898 bits per heavy atom. The van der Waals surface area contributed by atoms with Crippen LogP contribution in [0, 0.1) is 45.3 Å². The Kier molecular flexibility index (Phi) is 10.7. The maximum absolute atomic E-state index is 12.2. The lowest BCUT2D eigenvalue weighted by atomic mass is 9.34. The highest BCUT2D eigenvalue weighted by Crippen LogP contribution is 2.76.